The average Bonchev–Trinajstić information content (AvgIpc) is 3.24. The van der Waals surface area contributed by atoms with Crippen LogP contribution in [-0.4, -0.2) is 46.4 Å². The molecule has 3 rings (SSSR count). The number of benzene rings is 1. The Balaban J connectivity index is 1.66. The molecule has 1 unspecified atom stereocenters. The quantitative estimate of drug-likeness (QED) is 0.829. The third-order valence-corrected chi connectivity index (χ3v) is 4.45. The van der Waals surface area contributed by atoms with E-state index in [1.165, 1.54) is 0 Å². The van der Waals surface area contributed by atoms with Crippen LogP contribution in [0.1, 0.15) is 24.1 Å². The van der Waals surface area contributed by atoms with Gasteiger partial charge in [-0.15, -0.1) is 0 Å². The second-order valence-corrected chi connectivity index (χ2v) is 6.62. The highest BCUT2D eigenvalue weighted by atomic mass is 16.5. The molecule has 1 aromatic carbocycles. The van der Waals surface area contributed by atoms with Crippen molar-refractivity contribution in [2.24, 2.45) is 0 Å². The molecule has 1 fully saturated rings. The van der Waals surface area contributed by atoms with Gasteiger partial charge < -0.3 is 15.4 Å². The van der Waals surface area contributed by atoms with Crippen LogP contribution in [0.5, 0.6) is 0 Å². The van der Waals surface area contributed by atoms with Crippen molar-refractivity contribution in [1.82, 2.24) is 14.7 Å². The van der Waals surface area contributed by atoms with Crippen molar-refractivity contribution in [2.75, 3.05) is 25.4 Å². The van der Waals surface area contributed by atoms with Crippen molar-refractivity contribution >= 4 is 17.8 Å². The number of hydrogen-bond donors (Lipinski definition) is 1. The van der Waals surface area contributed by atoms with Crippen LogP contribution in [0.2, 0.25) is 0 Å². The minimum Gasteiger partial charge on any atom is -0.384 e. The summed E-state index contributed by atoms with van der Waals surface area (Å²) in [5, 5.41) is 4.29. The lowest BCUT2D eigenvalue weighted by Gasteiger charge is -2.24. The maximum atomic E-state index is 12.8. The van der Waals surface area contributed by atoms with Crippen LogP contribution in [0.15, 0.2) is 42.5 Å². The van der Waals surface area contributed by atoms with Gasteiger partial charge in [0.2, 0.25) is 5.91 Å². The Morgan fingerprint density at radius 1 is 1.42 bits per heavy atom. The second-order valence-electron chi connectivity index (χ2n) is 6.62. The number of aryl methyl sites for hydroxylation is 1. The minimum atomic E-state index is -0.00647. The van der Waals surface area contributed by atoms with Crippen LogP contribution in [0.3, 0.4) is 0 Å². The monoisotopic (exact) mass is 354 g/mol. The molecule has 0 spiro atoms. The topological polar surface area (TPSA) is 73.4 Å². The first-order valence-corrected chi connectivity index (χ1v) is 9.03. The van der Waals surface area contributed by atoms with E-state index in [9.17, 15) is 4.79 Å². The number of hydrogen-bond acceptors (Lipinski definition) is 4. The Labute approximate surface area is 154 Å². The fourth-order valence-electron chi connectivity index (χ4n) is 3.11. The highest BCUT2D eigenvalue weighted by molar-refractivity contribution is 5.76. The molecule has 1 atom stereocenters. The largest absolute Gasteiger partial charge is 0.384 e. The number of aromatic nitrogens is 2. The highest BCUT2D eigenvalue weighted by Gasteiger charge is 2.22. The lowest BCUT2D eigenvalue weighted by atomic mass is 10.2. The van der Waals surface area contributed by atoms with E-state index in [0.29, 0.717) is 18.9 Å². The molecule has 1 aromatic heterocycles. The molecular formula is C20H26N4O2. The van der Waals surface area contributed by atoms with E-state index in [1.807, 2.05) is 54.3 Å². The van der Waals surface area contributed by atoms with Crippen molar-refractivity contribution in [2.45, 2.75) is 32.4 Å². The van der Waals surface area contributed by atoms with Crippen LogP contribution in [-0.2, 0) is 16.1 Å². The van der Waals surface area contributed by atoms with Crippen molar-refractivity contribution in [3.63, 3.8) is 0 Å². The molecule has 26 heavy (non-hydrogen) atoms. The van der Waals surface area contributed by atoms with Crippen LogP contribution < -0.4 is 5.73 Å². The minimum absolute atomic E-state index is 0.00647. The summed E-state index contributed by atoms with van der Waals surface area (Å²) < 4.78 is 7.27. The van der Waals surface area contributed by atoms with Gasteiger partial charge in [-0.2, -0.15) is 5.10 Å². The fourth-order valence-corrected chi connectivity index (χ4v) is 3.11. The van der Waals surface area contributed by atoms with Crippen LogP contribution in [0.4, 0.5) is 5.82 Å². The van der Waals surface area contributed by atoms with Gasteiger partial charge in [0.25, 0.3) is 0 Å². The number of nitrogens with two attached hydrogens (primary N) is 1. The van der Waals surface area contributed by atoms with Crippen molar-refractivity contribution < 1.29 is 9.53 Å². The van der Waals surface area contributed by atoms with E-state index in [2.05, 4.69) is 5.10 Å². The Morgan fingerprint density at radius 2 is 2.23 bits per heavy atom. The van der Waals surface area contributed by atoms with Gasteiger partial charge in [0.05, 0.1) is 11.8 Å². The van der Waals surface area contributed by atoms with Crippen LogP contribution in [0, 0.1) is 6.92 Å². The van der Waals surface area contributed by atoms with Gasteiger partial charge in [-0.3, -0.25) is 4.79 Å². The maximum absolute atomic E-state index is 12.8. The Morgan fingerprint density at radius 3 is 2.88 bits per heavy atom. The molecule has 0 bridgehead atoms. The third kappa shape index (κ3) is 4.95. The molecular weight excluding hydrogens is 328 g/mol. The van der Waals surface area contributed by atoms with E-state index in [4.69, 9.17) is 10.5 Å². The zero-order valence-electron chi connectivity index (χ0n) is 15.2. The number of anilines is 1. The molecule has 6 heteroatoms. The first-order chi connectivity index (χ1) is 12.6. The number of carbonyl (C=O) groups excluding carboxylic acids is 1. The predicted octanol–water partition coefficient (Wildman–Crippen LogP) is 2.49. The summed E-state index contributed by atoms with van der Waals surface area (Å²) in [6.45, 7) is 3.92. The molecule has 0 saturated carbocycles. The van der Waals surface area contributed by atoms with Gasteiger partial charge >= 0.3 is 0 Å². The molecule has 0 radical (unpaired) electrons. The Bertz CT molecular complexity index is 748. The van der Waals surface area contributed by atoms with Gasteiger partial charge in [0.1, 0.15) is 12.4 Å². The first-order valence-electron chi connectivity index (χ1n) is 9.03. The molecule has 2 aromatic rings. The van der Waals surface area contributed by atoms with Crippen LogP contribution in [0.25, 0.3) is 6.08 Å². The summed E-state index contributed by atoms with van der Waals surface area (Å²) in [5.41, 5.74) is 7.85. The molecule has 1 aliphatic rings. The number of carbonyl (C=O) groups is 1. The number of amides is 1. The summed E-state index contributed by atoms with van der Waals surface area (Å²) >= 11 is 0. The van der Waals surface area contributed by atoms with E-state index in [-0.39, 0.29) is 18.6 Å². The number of nitrogens with zero attached hydrogens (tertiary/aromatic N) is 3. The zero-order valence-corrected chi connectivity index (χ0v) is 15.2. The molecule has 2 N–H and O–H groups in total. The van der Waals surface area contributed by atoms with Crippen molar-refractivity contribution in [3.05, 3.63) is 53.7 Å². The summed E-state index contributed by atoms with van der Waals surface area (Å²) in [6, 6.07) is 11.8. The predicted molar refractivity (Wildman–Crippen MR) is 102 cm³/mol. The van der Waals surface area contributed by atoms with E-state index in [0.717, 1.165) is 30.7 Å². The van der Waals surface area contributed by atoms with E-state index < -0.39 is 0 Å². The fraction of sp³-hybridized carbons (Fsp3) is 0.400. The molecule has 138 valence electrons. The van der Waals surface area contributed by atoms with E-state index in [1.54, 1.807) is 10.7 Å². The third-order valence-electron chi connectivity index (χ3n) is 4.45. The van der Waals surface area contributed by atoms with E-state index >= 15 is 0 Å². The Hall–Kier alpha value is -2.60. The summed E-state index contributed by atoms with van der Waals surface area (Å²) in [5.74, 6) is 0.501. The number of rotatable bonds is 7. The SMILES string of the molecule is Cc1cc(N)n(CC(=O)N(C/C=C/c2ccccc2)CC2CCCO2)n1. The lowest BCUT2D eigenvalue weighted by Crippen LogP contribution is -2.39. The average molecular weight is 354 g/mol. The lowest BCUT2D eigenvalue weighted by molar-refractivity contribution is -0.133. The molecule has 2 heterocycles. The molecule has 6 nitrogen and oxygen atoms in total. The summed E-state index contributed by atoms with van der Waals surface area (Å²) in [6.07, 6.45) is 6.20. The molecule has 1 amide bonds. The number of ether oxygens (including phenoxy) is 1. The first kappa shape index (κ1) is 18.2. The van der Waals surface area contributed by atoms with Crippen molar-refractivity contribution in [1.29, 1.82) is 0 Å². The summed E-state index contributed by atoms with van der Waals surface area (Å²) in [7, 11) is 0. The normalized spacial score (nSPS) is 17.0. The summed E-state index contributed by atoms with van der Waals surface area (Å²) in [4.78, 5) is 14.6. The number of nitrogen functional groups attached to an aromatic ring is 1. The van der Waals surface area contributed by atoms with Gasteiger partial charge in [-0.25, -0.2) is 4.68 Å². The van der Waals surface area contributed by atoms with Gasteiger partial charge in [-0.05, 0) is 25.3 Å². The zero-order chi connectivity index (χ0) is 18.4. The maximum Gasteiger partial charge on any atom is 0.244 e. The molecule has 1 saturated heterocycles. The highest BCUT2D eigenvalue weighted by Crippen LogP contribution is 2.14. The van der Waals surface area contributed by atoms with Gasteiger partial charge in [0.15, 0.2) is 0 Å². The van der Waals surface area contributed by atoms with Gasteiger partial charge in [-0.1, -0.05) is 42.5 Å². The second kappa shape index (κ2) is 8.67. The molecule has 0 aliphatic carbocycles. The van der Waals surface area contributed by atoms with Gasteiger partial charge in [0, 0.05) is 25.8 Å². The van der Waals surface area contributed by atoms with Crippen LogP contribution >= 0.6 is 0 Å². The smallest absolute Gasteiger partial charge is 0.244 e. The standard InChI is InChI=1S/C20H26N4O2/c1-16-13-19(21)24(22-16)15-20(25)23(14-18-10-6-12-26-18)11-5-9-17-7-3-2-4-8-17/h2-5,7-9,13,18H,6,10-12,14-15,21H2,1H3/b9-5+. The Kier molecular flexibility index (Phi) is 6.07. The van der Waals surface area contributed by atoms with Crippen molar-refractivity contribution in [3.8, 4) is 0 Å². The molecule has 1 aliphatic heterocycles.